The molecule has 1 unspecified atom stereocenters. The molecule has 5 heteroatoms. The van der Waals surface area contributed by atoms with Crippen LogP contribution in [0.2, 0.25) is 0 Å². The number of nitrogens with zero attached hydrogens (tertiary/aromatic N) is 2. The predicted octanol–water partition coefficient (Wildman–Crippen LogP) is 4.09. The van der Waals surface area contributed by atoms with E-state index in [0.717, 1.165) is 34.8 Å². The standard InChI is InChI=1S/C12H20BrN3S/c1-4-6-14-12-10(13)7-15-11(16-12)8-17-9(3)5-2/h7,9H,4-6,8H2,1-3H3,(H,14,15,16). The maximum atomic E-state index is 4.53. The number of anilines is 1. The van der Waals surface area contributed by atoms with Gasteiger partial charge in [-0.3, -0.25) is 0 Å². The fourth-order valence-corrected chi connectivity index (χ4v) is 2.31. The largest absolute Gasteiger partial charge is 0.369 e. The Kier molecular flexibility index (Phi) is 6.89. The van der Waals surface area contributed by atoms with E-state index in [1.165, 1.54) is 6.42 Å². The van der Waals surface area contributed by atoms with Gasteiger partial charge in [0.05, 0.1) is 10.2 Å². The van der Waals surface area contributed by atoms with Gasteiger partial charge in [-0.2, -0.15) is 11.8 Å². The zero-order valence-electron chi connectivity index (χ0n) is 10.7. The molecule has 1 aromatic rings. The Morgan fingerprint density at radius 1 is 1.47 bits per heavy atom. The highest BCUT2D eigenvalue weighted by Crippen LogP contribution is 2.22. The van der Waals surface area contributed by atoms with E-state index in [9.17, 15) is 0 Å². The van der Waals surface area contributed by atoms with Crippen LogP contribution in [0.4, 0.5) is 5.82 Å². The molecule has 0 aliphatic rings. The number of hydrogen-bond acceptors (Lipinski definition) is 4. The molecule has 0 fully saturated rings. The van der Waals surface area contributed by atoms with E-state index in [4.69, 9.17) is 0 Å². The zero-order valence-corrected chi connectivity index (χ0v) is 13.1. The van der Waals surface area contributed by atoms with Crippen LogP contribution in [0.25, 0.3) is 0 Å². The number of hydrogen-bond donors (Lipinski definition) is 1. The average molecular weight is 318 g/mol. The minimum Gasteiger partial charge on any atom is -0.369 e. The maximum absolute atomic E-state index is 4.53. The molecule has 0 saturated heterocycles. The molecular weight excluding hydrogens is 298 g/mol. The summed E-state index contributed by atoms with van der Waals surface area (Å²) in [5.41, 5.74) is 0. The molecule has 0 bridgehead atoms. The summed E-state index contributed by atoms with van der Waals surface area (Å²) in [4.78, 5) is 8.86. The second kappa shape index (κ2) is 7.93. The van der Waals surface area contributed by atoms with Gasteiger partial charge in [-0.25, -0.2) is 9.97 Å². The average Bonchev–Trinajstić information content (AvgIpc) is 2.35. The van der Waals surface area contributed by atoms with Crippen molar-refractivity contribution >= 4 is 33.5 Å². The molecular formula is C12H20BrN3S. The minimum atomic E-state index is 0.661. The van der Waals surface area contributed by atoms with Gasteiger partial charge in [-0.05, 0) is 28.8 Å². The molecule has 96 valence electrons. The summed E-state index contributed by atoms with van der Waals surface area (Å²) in [6.07, 6.45) is 4.10. The molecule has 17 heavy (non-hydrogen) atoms. The molecule has 1 N–H and O–H groups in total. The Hall–Kier alpha value is -0.290. The van der Waals surface area contributed by atoms with Crippen molar-refractivity contribution in [2.45, 2.75) is 44.6 Å². The van der Waals surface area contributed by atoms with Gasteiger partial charge >= 0.3 is 0 Å². The smallest absolute Gasteiger partial charge is 0.144 e. The Balaban J connectivity index is 2.61. The summed E-state index contributed by atoms with van der Waals surface area (Å²) < 4.78 is 0.934. The first-order valence-electron chi connectivity index (χ1n) is 6.04. The summed E-state index contributed by atoms with van der Waals surface area (Å²) in [6.45, 7) is 7.52. The van der Waals surface area contributed by atoms with Crippen molar-refractivity contribution in [2.75, 3.05) is 11.9 Å². The molecule has 0 saturated carbocycles. The van der Waals surface area contributed by atoms with Crippen molar-refractivity contribution in [3.63, 3.8) is 0 Å². The number of thioether (sulfide) groups is 1. The topological polar surface area (TPSA) is 37.8 Å². The zero-order chi connectivity index (χ0) is 12.7. The lowest BCUT2D eigenvalue weighted by Gasteiger charge is -2.10. The highest BCUT2D eigenvalue weighted by Gasteiger charge is 2.06. The fourth-order valence-electron chi connectivity index (χ4n) is 1.18. The monoisotopic (exact) mass is 317 g/mol. The number of nitrogens with one attached hydrogen (secondary N) is 1. The first-order chi connectivity index (χ1) is 8.17. The summed E-state index contributed by atoms with van der Waals surface area (Å²) in [5, 5.41) is 3.96. The maximum Gasteiger partial charge on any atom is 0.144 e. The van der Waals surface area contributed by atoms with Gasteiger partial charge in [-0.1, -0.05) is 20.8 Å². The van der Waals surface area contributed by atoms with E-state index in [2.05, 4.69) is 52.0 Å². The Labute approximate surface area is 116 Å². The Bertz CT molecular complexity index is 347. The van der Waals surface area contributed by atoms with E-state index in [-0.39, 0.29) is 0 Å². The second-order valence-corrected chi connectivity index (χ2v) is 6.22. The quantitative estimate of drug-likeness (QED) is 0.821. The molecule has 3 nitrogen and oxygen atoms in total. The van der Waals surface area contributed by atoms with Crippen LogP contribution in [0.5, 0.6) is 0 Å². The van der Waals surface area contributed by atoms with E-state index in [1.54, 1.807) is 0 Å². The van der Waals surface area contributed by atoms with Crippen LogP contribution < -0.4 is 5.32 Å². The fraction of sp³-hybridized carbons (Fsp3) is 0.667. The van der Waals surface area contributed by atoms with Crippen molar-refractivity contribution in [1.29, 1.82) is 0 Å². The summed E-state index contributed by atoms with van der Waals surface area (Å²) in [6, 6.07) is 0. The third-order valence-electron chi connectivity index (χ3n) is 2.41. The molecule has 1 aromatic heterocycles. The van der Waals surface area contributed by atoms with Crippen molar-refractivity contribution in [3.8, 4) is 0 Å². The minimum absolute atomic E-state index is 0.661. The van der Waals surface area contributed by atoms with Crippen LogP contribution in [-0.2, 0) is 5.75 Å². The van der Waals surface area contributed by atoms with Gasteiger partial charge in [0.25, 0.3) is 0 Å². The van der Waals surface area contributed by atoms with Gasteiger partial charge in [-0.15, -0.1) is 0 Å². The summed E-state index contributed by atoms with van der Waals surface area (Å²) in [7, 11) is 0. The van der Waals surface area contributed by atoms with Crippen molar-refractivity contribution in [1.82, 2.24) is 9.97 Å². The first kappa shape index (κ1) is 14.8. The van der Waals surface area contributed by atoms with Crippen molar-refractivity contribution < 1.29 is 0 Å². The molecule has 1 atom stereocenters. The Morgan fingerprint density at radius 3 is 2.88 bits per heavy atom. The van der Waals surface area contributed by atoms with Crippen LogP contribution in [-0.4, -0.2) is 21.8 Å². The van der Waals surface area contributed by atoms with Crippen LogP contribution in [0.15, 0.2) is 10.7 Å². The van der Waals surface area contributed by atoms with E-state index < -0.39 is 0 Å². The van der Waals surface area contributed by atoms with E-state index in [1.807, 2.05) is 18.0 Å². The molecule has 0 spiro atoms. The lowest BCUT2D eigenvalue weighted by Crippen LogP contribution is -2.06. The second-order valence-electron chi connectivity index (χ2n) is 3.94. The van der Waals surface area contributed by atoms with Gasteiger partial charge in [0.2, 0.25) is 0 Å². The van der Waals surface area contributed by atoms with Crippen LogP contribution >= 0.6 is 27.7 Å². The van der Waals surface area contributed by atoms with Crippen LogP contribution in [0, 0.1) is 0 Å². The van der Waals surface area contributed by atoms with E-state index in [0.29, 0.717) is 5.25 Å². The third kappa shape index (κ3) is 5.25. The molecule has 1 heterocycles. The lowest BCUT2D eigenvalue weighted by molar-refractivity contribution is 0.899. The van der Waals surface area contributed by atoms with Crippen LogP contribution in [0.3, 0.4) is 0 Å². The number of halogens is 1. The summed E-state index contributed by atoms with van der Waals surface area (Å²) >= 11 is 5.36. The number of aromatic nitrogens is 2. The molecule has 0 aliphatic heterocycles. The van der Waals surface area contributed by atoms with Gasteiger partial charge in [0, 0.05) is 18.0 Å². The lowest BCUT2D eigenvalue weighted by atomic mass is 10.4. The molecule has 0 aliphatic carbocycles. The van der Waals surface area contributed by atoms with Crippen molar-refractivity contribution in [2.24, 2.45) is 0 Å². The SMILES string of the molecule is CCCNc1nc(CSC(C)CC)ncc1Br. The molecule has 0 radical (unpaired) electrons. The normalized spacial score (nSPS) is 12.5. The number of rotatable bonds is 7. The first-order valence-corrected chi connectivity index (χ1v) is 7.88. The van der Waals surface area contributed by atoms with Crippen LogP contribution in [0.1, 0.15) is 39.4 Å². The highest BCUT2D eigenvalue weighted by atomic mass is 79.9. The predicted molar refractivity (Wildman–Crippen MR) is 79.6 cm³/mol. The van der Waals surface area contributed by atoms with Gasteiger partial charge in [0.15, 0.2) is 0 Å². The third-order valence-corrected chi connectivity index (χ3v) is 4.32. The Morgan fingerprint density at radius 2 is 2.24 bits per heavy atom. The summed E-state index contributed by atoms with van der Waals surface area (Å²) in [5.74, 6) is 2.68. The molecule has 0 amide bonds. The van der Waals surface area contributed by atoms with Crippen molar-refractivity contribution in [3.05, 3.63) is 16.5 Å². The van der Waals surface area contributed by atoms with Gasteiger partial charge < -0.3 is 5.32 Å². The highest BCUT2D eigenvalue weighted by molar-refractivity contribution is 9.10. The van der Waals surface area contributed by atoms with E-state index >= 15 is 0 Å². The van der Waals surface area contributed by atoms with Gasteiger partial charge in [0.1, 0.15) is 11.6 Å². The molecule has 0 aromatic carbocycles. The molecule has 1 rings (SSSR count).